The number of anilines is 1. The van der Waals surface area contributed by atoms with Crippen LogP contribution in [0.2, 0.25) is 0 Å². The molecule has 0 unspecified atom stereocenters. The van der Waals surface area contributed by atoms with Crippen LogP contribution in [0.3, 0.4) is 0 Å². The van der Waals surface area contributed by atoms with Gasteiger partial charge in [0.25, 0.3) is 0 Å². The first-order valence-electron chi connectivity index (χ1n) is 5.28. The van der Waals surface area contributed by atoms with E-state index in [2.05, 4.69) is 15.1 Å². The molecule has 0 aliphatic carbocycles. The van der Waals surface area contributed by atoms with Crippen LogP contribution in [0.25, 0.3) is 16.8 Å². The molecule has 0 fully saturated rings. The van der Waals surface area contributed by atoms with Crippen molar-refractivity contribution < 1.29 is 0 Å². The van der Waals surface area contributed by atoms with Crippen molar-refractivity contribution in [3.8, 4) is 11.1 Å². The lowest BCUT2D eigenvalue weighted by Crippen LogP contribution is -2.02. The van der Waals surface area contributed by atoms with Gasteiger partial charge in [0, 0.05) is 5.56 Å². The van der Waals surface area contributed by atoms with Crippen molar-refractivity contribution in [1.82, 2.24) is 19.6 Å². The van der Waals surface area contributed by atoms with Crippen LogP contribution in [0.1, 0.15) is 5.69 Å². The van der Waals surface area contributed by atoms with Crippen molar-refractivity contribution in [2.75, 3.05) is 5.73 Å². The van der Waals surface area contributed by atoms with Gasteiger partial charge >= 0.3 is 0 Å². The zero-order chi connectivity index (χ0) is 11.8. The average Bonchev–Trinajstić information content (AvgIpc) is 2.68. The Labute approximate surface area is 97.9 Å². The molecule has 3 aromatic rings. The van der Waals surface area contributed by atoms with Gasteiger partial charge in [-0.2, -0.15) is 9.61 Å². The highest BCUT2D eigenvalue weighted by atomic mass is 15.3. The number of hydrogen-bond donors (Lipinski definition) is 1. The summed E-state index contributed by atoms with van der Waals surface area (Å²) in [5.41, 5.74) is 9.48. The van der Waals surface area contributed by atoms with Gasteiger partial charge in [0.05, 0.1) is 5.69 Å². The second-order valence-electron chi connectivity index (χ2n) is 3.79. The maximum Gasteiger partial charge on any atom is 0.224 e. The third-order valence-corrected chi connectivity index (χ3v) is 2.69. The van der Waals surface area contributed by atoms with Crippen LogP contribution < -0.4 is 5.73 Å². The number of aromatic nitrogens is 4. The molecule has 2 N–H and O–H groups in total. The molecule has 3 rings (SSSR count). The molecule has 2 heterocycles. The summed E-state index contributed by atoms with van der Waals surface area (Å²) >= 11 is 0. The number of rotatable bonds is 1. The van der Waals surface area contributed by atoms with E-state index in [1.807, 2.05) is 37.3 Å². The molecule has 0 aliphatic heterocycles. The number of aryl methyl sites for hydroxylation is 1. The van der Waals surface area contributed by atoms with Gasteiger partial charge in [-0.15, -0.1) is 0 Å². The Kier molecular flexibility index (Phi) is 2.04. The van der Waals surface area contributed by atoms with Gasteiger partial charge in [-0.1, -0.05) is 30.3 Å². The Bertz CT molecular complexity index is 672. The molecular formula is C12H11N5. The van der Waals surface area contributed by atoms with Crippen molar-refractivity contribution >= 4 is 11.6 Å². The van der Waals surface area contributed by atoms with Crippen LogP contribution in [0.15, 0.2) is 36.7 Å². The highest BCUT2D eigenvalue weighted by molar-refractivity contribution is 5.80. The van der Waals surface area contributed by atoms with Crippen LogP contribution >= 0.6 is 0 Å². The molecule has 2 aromatic heterocycles. The zero-order valence-corrected chi connectivity index (χ0v) is 9.33. The monoisotopic (exact) mass is 225 g/mol. The first-order valence-corrected chi connectivity index (χ1v) is 5.28. The molecule has 17 heavy (non-hydrogen) atoms. The average molecular weight is 225 g/mol. The van der Waals surface area contributed by atoms with Crippen LogP contribution in [-0.2, 0) is 0 Å². The van der Waals surface area contributed by atoms with E-state index < -0.39 is 0 Å². The minimum Gasteiger partial charge on any atom is -0.368 e. The lowest BCUT2D eigenvalue weighted by atomic mass is 10.1. The second kappa shape index (κ2) is 3.55. The van der Waals surface area contributed by atoms with E-state index in [1.165, 1.54) is 6.33 Å². The first-order chi connectivity index (χ1) is 8.27. The Morgan fingerprint density at radius 2 is 1.88 bits per heavy atom. The van der Waals surface area contributed by atoms with Gasteiger partial charge in [0.2, 0.25) is 5.95 Å². The molecule has 0 radical (unpaired) electrons. The lowest BCUT2D eigenvalue weighted by Gasteiger charge is -1.99. The maximum atomic E-state index is 5.77. The Balaban J connectivity index is 2.37. The fourth-order valence-corrected chi connectivity index (χ4v) is 1.93. The molecule has 0 saturated carbocycles. The smallest absolute Gasteiger partial charge is 0.224 e. The van der Waals surface area contributed by atoms with Crippen LogP contribution in [0.4, 0.5) is 5.95 Å². The SMILES string of the molecule is Cc1nn2c(N)ncnc2c1-c1ccccc1. The van der Waals surface area contributed by atoms with Gasteiger partial charge in [0.1, 0.15) is 6.33 Å². The van der Waals surface area contributed by atoms with Gasteiger partial charge in [0.15, 0.2) is 5.65 Å². The summed E-state index contributed by atoms with van der Waals surface area (Å²) in [5, 5.41) is 4.36. The van der Waals surface area contributed by atoms with Crippen molar-refractivity contribution in [2.45, 2.75) is 6.92 Å². The Morgan fingerprint density at radius 3 is 2.65 bits per heavy atom. The molecule has 5 nitrogen and oxygen atoms in total. The zero-order valence-electron chi connectivity index (χ0n) is 9.33. The molecule has 84 valence electrons. The van der Waals surface area contributed by atoms with E-state index in [9.17, 15) is 0 Å². The summed E-state index contributed by atoms with van der Waals surface area (Å²) in [6, 6.07) is 10.0. The second-order valence-corrected chi connectivity index (χ2v) is 3.79. The maximum absolute atomic E-state index is 5.77. The van der Waals surface area contributed by atoms with Crippen molar-refractivity contribution in [3.63, 3.8) is 0 Å². The number of nitrogens with two attached hydrogens (primary N) is 1. The van der Waals surface area contributed by atoms with E-state index in [4.69, 9.17) is 5.73 Å². The topological polar surface area (TPSA) is 69.1 Å². The molecule has 0 spiro atoms. The molecule has 0 bridgehead atoms. The van der Waals surface area contributed by atoms with Gasteiger partial charge < -0.3 is 5.73 Å². The summed E-state index contributed by atoms with van der Waals surface area (Å²) in [5.74, 6) is 0.347. The van der Waals surface area contributed by atoms with Gasteiger partial charge in [-0.25, -0.2) is 9.97 Å². The fraction of sp³-hybridized carbons (Fsp3) is 0.0833. The van der Waals surface area contributed by atoms with Crippen molar-refractivity contribution in [1.29, 1.82) is 0 Å². The van der Waals surface area contributed by atoms with Crippen LogP contribution in [0.5, 0.6) is 0 Å². The predicted molar refractivity (Wildman–Crippen MR) is 65.4 cm³/mol. The molecule has 0 amide bonds. The van der Waals surface area contributed by atoms with E-state index >= 15 is 0 Å². The van der Waals surface area contributed by atoms with E-state index in [0.717, 1.165) is 22.5 Å². The highest BCUT2D eigenvalue weighted by Crippen LogP contribution is 2.26. The molecular weight excluding hydrogens is 214 g/mol. The fourth-order valence-electron chi connectivity index (χ4n) is 1.93. The third-order valence-electron chi connectivity index (χ3n) is 2.69. The highest BCUT2D eigenvalue weighted by Gasteiger charge is 2.13. The molecule has 0 saturated heterocycles. The standard InChI is InChI=1S/C12H11N5/c1-8-10(9-5-3-2-4-6-9)11-14-7-15-12(13)17(11)16-8/h2-7H,1H3,(H2,13,14,15). The summed E-state index contributed by atoms with van der Waals surface area (Å²) < 4.78 is 1.57. The lowest BCUT2D eigenvalue weighted by molar-refractivity contribution is 0.892. The number of nitrogen functional groups attached to an aromatic ring is 1. The normalized spacial score (nSPS) is 10.9. The number of hydrogen-bond acceptors (Lipinski definition) is 4. The molecule has 0 aliphatic rings. The summed E-state index contributed by atoms with van der Waals surface area (Å²) in [4.78, 5) is 8.17. The number of nitrogens with zero attached hydrogens (tertiary/aromatic N) is 4. The number of benzene rings is 1. The number of fused-ring (bicyclic) bond motifs is 1. The minimum atomic E-state index is 0.347. The van der Waals surface area contributed by atoms with Gasteiger partial charge in [-0.3, -0.25) is 0 Å². The van der Waals surface area contributed by atoms with E-state index in [1.54, 1.807) is 4.52 Å². The molecule has 5 heteroatoms. The Hall–Kier alpha value is -2.43. The van der Waals surface area contributed by atoms with E-state index in [-0.39, 0.29) is 0 Å². The van der Waals surface area contributed by atoms with Gasteiger partial charge in [-0.05, 0) is 12.5 Å². The van der Waals surface area contributed by atoms with E-state index in [0.29, 0.717) is 5.95 Å². The quantitative estimate of drug-likeness (QED) is 0.684. The summed E-state index contributed by atoms with van der Waals surface area (Å²) in [6.07, 6.45) is 1.46. The third kappa shape index (κ3) is 1.44. The minimum absolute atomic E-state index is 0.347. The summed E-state index contributed by atoms with van der Waals surface area (Å²) in [7, 11) is 0. The molecule has 1 aromatic carbocycles. The predicted octanol–water partition coefficient (Wildman–Crippen LogP) is 1.68. The van der Waals surface area contributed by atoms with Crippen LogP contribution in [-0.4, -0.2) is 19.6 Å². The largest absolute Gasteiger partial charge is 0.368 e. The van der Waals surface area contributed by atoms with Crippen molar-refractivity contribution in [3.05, 3.63) is 42.4 Å². The molecule has 0 atom stereocenters. The van der Waals surface area contributed by atoms with Crippen LogP contribution in [0, 0.1) is 6.92 Å². The Morgan fingerprint density at radius 1 is 1.12 bits per heavy atom. The first kappa shape index (κ1) is 9.77. The summed E-state index contributed by atoms with van der Waals surface area (Å²) in [6.45, 7) is 1.94. The van der Waals surface area contributed by atoms with Crippen molar-refractivity contribution in [2.24, 2.45) is 0 Å².